The van der Waals surface area contributed by atoms with Gasteiger partial charge in [0.2, 0.25) is 5.91 Å². The van der Waals surface area contributed by atoms with Crippen LogP contribution in [0.25, 0.3) is 0 Å². The predicted octanol–water partition coefficient (Wildman–Crippen LogP) is 1.96. The third kappa shape index (κ3) is 5.71. The SMILES string of the molecule is COc1ccccc1N(CC(=O)NCCCN(C)C)S(=O)(=O)c1ccccc1. The Hall–Kier alpha value is -2.58. The third-order valence-electron chi connectivity index (χ3n) is 4.08. The zero-order chi connectivity index (χ0) is 20.6. The number of hydrogen-bond acceptors (Lipinski definition) is 5. The van der Waals surface area contributed by atoms with Gasteiger partial charge in [-0.1, -0.05) is 30.3 Å². The van der Waals surface area contributed by atoms with E-state index in [0.717, 1.165) is 17.3 Å². The third-order valence-corrected chi connectivity index (χ3v) is 5.85. The number of ether oxygens (including phenoxy) is 1. The normalized spacial score (nSPS) is 11.3. The Kier molecular flexibility index (Phi) is 7.83. The monoisotopic (exact) mass is 405 g/mol. The summed E-state index contributed by atoms with van der Waals surface area (Å²) in [5.41, 5.74) is 0.317. The Balaban J connectivity index is 2.29. The van der Waals surface area contributed by atoms with Gasteiger partial charge < -0.3 is 15.0 Å². The first kappa shape index (κ1) is 21.7. The zero-order valence-corrected chi connectivity index (χ0v) is 17.3. The number of rotatable bonds is 10. The number of para-hydroxylation sites is 2. The fourth-order valence-electron chi connectivity index (χ4n) is 2.66. The number of benzene rings is 2. The Morgan fingerprint density at radius 3 is 2.32 bits per heavy atom. The van der Waals surface area contributed by atoms with Crippen LogP contribution in [0, 0.1) is 0 Å². The molecule has 8 heteroatoms. The average molecular weight is 406 g/mol. The molecule has 7 nitrogen and oxygen atoms in total. The van der Waals surface area contributed by atoms with Crippen LogP contribution >= 0.6 is 0 Å². The number of methoxy groups -OCH3 is 1. The van der Waals surface area contributed by atoms with Gasteiger partial charge in [0.1, 0.15) is 12.3 Å². The van der Waals surface area contributed by atoms with Gasteiger partial charge in [-0.15, -0.1) is 0 Å². The van der Waals surface area contributed by atoms with Gasteiger partial charge in [-0.05, 0) is 51.3 Å². The second-order valence-corrected chi connectivity index (χ2v) is 8.37. The van der Waals surface area contributed by atoms with Crippen LogP contribution in [0.5, 0.6) is 5.75 Å². The molecular weight excluding hydrogens is 378 g/mol. The van der Waals surface area contributed by atoms with Crippen LogP contribution in [0.4, 0.5) is 5.69 Å². The van der Waals surface area contributed by atoms with Crippen LogP contribution < -0.4 is 14.4 Å². The quantitative estimate of drug-likeness (QED) is 0.612. The largest absolute Gasteiger partial charge is 0.495 e. The highest BCUT2D eigenvalue weighted by Gasteiger charge is 2.29. The van der Waals surface area contributed by atoms with E-state index in [4.69, 9.17) is 4.74 Å². The van der Waals surface area contributed by atoms with Crippen LogP contribution in [-0.4, -0.2) is 60.1 Å². The Bertz CT molecular complexity index is 870. The van der Waals surface area contributed by atoms with E-state index in [1.54, 1.807) is 42.5 Å². The second-order valence-electron chi connectivity index (χ2n) is 6.50. The molecule has 0 aromatic heterocycles. The van der Waals surface area contributed by atoms with E-state index in [0.29, 0.717) is 18.0 Å². The summed E-state index contributed by atoms with van der Waals surface area (Å²) in [4.78, 5) is 14.6. The summed E-state index contributed by atoms with van der Waals surface area (Å²) in [6.45, 7) is 0.973. The Morgan fingerprint density at radius 2 is 1.68 bits per heavy atom. The summed E-state index contributed by atoms with van der Waals surface area (Å²) >= 11 is 0. The minimum absolute atomic E-state index is 0.112. The molecule has 152 valence electrons. The molecule has 0 saturated heterocycles. The van der Waals surface area contributed by atoms with Crippen LogP contribution in [-0.2, 0) is 14.8 Å². The molecule has 0 radical (unpaired) electrons. The maximum atomic E-state index is 13.2. The molecule has 0 aliphatic rings. The summed E-state index contributed by atoms with van der Waals surface area (Å²) in [6.07, 6.45) is 0.777. The summed E-state index contributed by atoms with van der Waals surface area (Å²) in [5, 5.41) is 2.79. The molecule has 0 bridgehead atoms. The molecule has 1 N–H and O–H groups in total. The number of nitrogens with zero attached hydrogens (tertiary/aromatic N) is 2. The van der Waals surface area contributed by atoms with Crippen LogP contribution in [0.15, 0.2) is 59.5 Å². The van der Waals surface area contributed by atoms with Gasteiger partial charge in [0, 0.05) is 6.54 Å². The van der Waals surface area contributed by atoms with Gasteiger partial charge in [0.15, 0.2) is 0 Å². The molecule has 2 aromatic rings. The first-order valence-electron chi connectivity index (χ1n) is 8.98. The Morgan fingerprint density at radius 1 is 1.04 bits per heavy atom. The van der Waals surface area contributed by atoms with Crippen molar-refractivity contribution in [1.82, 2.24) is 10.2 Å². The van der Waals surface area contributed by atoms with E-state index >= 15 is 0 Å². The number of anilines is 1. The van der Waals surface area contributed by atoms with Crippen molar-refractivity contribution in [1.29, 1.82) is 0 Å². The maximum absolute atomic E-state index is 13.2. The van der Waals surface area contributed by atoms with E-state index in [2.05, 4.69) is 5.32 Å². The zero-order valence-electron chi connectivity index (χ0n) is 16.5. The fraction of sp³-hybridized carbons (Fsp3) is 0.350. The van der Waals surface area contributed by atoms with E-state index < -0.39 is 10.0 Å². The summed E-state index contributed by atoms with van der Waals surface area (Å²) < 4.78 is 32.9. The van der Waals surface area contributed by atoms with Gasteiger partial charge in [-0.25, -0.2) is 8.42 Å². The van der Waals surface area contributed by atoms with Crippen molar-refractivity contribution >= 4 is 21.6 Å². The van der Waals surface area contributed by atoms with E-state index in [1.165, 1.54) is 19.2 Å². The lowest BCUT2D eigenvalue weighted by Gasteiger charge is -2.25. The molecule has 0 saturated carbocycles. The smallest absolute Gasteiger partial charge is 0.264 e. The predicted molar refractivity (Wildman–Crippen MR) is 110 cm³/mol. The summed E-state index contributed by atoms with van der Waals surface area (Å²) in [7, 11) is 1.44. The molecule has 0 unspecified atom stereocenters. The number of carbonyl (C=O) groups excluding carboxylic acids is 1. The van der Waals surface area contributed by atoms with Crippen molar-refractivity contribution in [2.45, 2.75) is 11.3 Å². The number of amides is 1. The molecule has 28 heavy (non-hydrogen) atoms. The Labute approximate surface area is 167 Å². The molecule has 0 aliphatic carbocycles. The standard InChI is InChI=1S/C20H27N3O4S/c1-22(2)15-9-14-21-20(24)16-23(18-12-7-8-13-19(18)27-3)28(25,26)17-10-5-4-6-11-17/h4-8,10-13H,9,14-16H2,1-3H3,(H,21,24). The van der Waals surface area contributed by atoms with Crippen molar-refractivity contribution in [3.8, 4) is 5.75 Å². The van der Waals surface area contributed by atoms with Crippen molar-refractivity contribution in [3.05, 3.63) is 54.6 Å². The number of carbonyl (C=O) groups is 1. The fourth-order valence-corrected chi connectivity index (χ4v) is 4.12. The number of sulfonamides is 1. The van der Waals surface area contributed by atoms with Gasteiger partial charge in [0.05, 0.1) is 17.7 Å². The molecule has 1 amide bonds. The number of nitrogens with one attached hydrogen (secondary N) is 1. The molecule has 0 aliphatic heterocycles. The first-order chi connectivity index (χ1) is 13.4. The topological polar surface area (TPSA) is 79.0 Å². The number of hydrogen-bond donors (Lipinski definition) is 1. The highest BCUT2D eigenvalue weighted by Crippen LogP contribution is 2.31. The van der Waals surface area contributed by atoms with Crippen LogP contribution in [0.3, 0.4) is 0 Å². The molecule has 0 spiro atoms. The molecule has 2 aromatic carbocycles. The second kappa shape index (κ2) is 10.1. The molecule has 0 atom stereocenters. The van der Waals surface area contributed by atoms with Crippen molar-refractivity contribution < 1.29 is 17.9 Å². The lowest BCUT2D eigenvalue weighted by molar-refractivity contribution is -0.119. The van der Waals surface area contributed by atoms with Crippen molar-refractivity contribution in [3.63, 3.8) is 0 Å². The van der Waals surface area contributed by atoms with Gasteiger partial charge >= 0.3 is 0 Å². The summed E-state index contributed by atoms with van der Waals surface area (Å²) in [6, 6.07) is 14.8. The van der Waals surface area contributed by atoms with E-state index in [9.17, 15) is 13.2 Å². The highest BCUT2D eigenvalue weighted by atomic mass is 32.2. The average Bonchev–Trinajstić information content (AvgIpc) is 2.70. The van der Waals surface area contributed by atoms with Crippen molar-refractivity contribution in [2.24, 2.45) is 0 Å². The molecular formula is C20H27N3O4S. The van der Waals surface area contributed by atoms with Gasteiger partial charge in [-0.2, -0.15) is 0 Å². The minimum atomic E-state index is -3.94. The van der Waals surface area contributed by atoms with Crippen LogP contribution in [0.2, 0.25) is 0 Å². The molecule has 0 fully saturated rings. The summed E-state index contributed by atoms with van der Waals surface area (Å²) in [5.74, 6) is 0.00609. The first-order valence-corrected chi connectivity index (χ1v) is 10.4. The van der Waals surface area contributed by atoms with E-state index in [1.807, 2.05) is 19.0 Å². The molecule has 2 rings (SSSR count). The molecule has 0 heterocycles. The van der Waals surface area contributed by atoms with Gasteiger partial charge in [0.25, 0.3) is 10.0 Å². The van der Waals surface area contributed by atoms with Gasteiger partial charge in [-0.3, -0.25) is 9.10 Å². The minimum Gasteiger partial charge on any atom is -0.495 e. The highest BCUT2D eigenvalue weighted by molar-refractivity contribution is 7.92. The van der Waals surface area contributed by atoms with Crippen molar-refractivity contribution in [2.75, 3.05) is 45.1 Å². The maximum Gasteiger partial charge on any atom is 0.264 e. The van der Waals surface area contributed by atoms with Crippen LogP contribution in [0.1, 0.15) is 6.42 Å². The lowest BCUT2D eigenvalue weighted by Crippen LogP contribution is -2.41. The lowest BCUT2D eigenvalue weighted by atomic mass is 10.3. The van der Waals surface area contributed by atoms with E-state index in [-0.39, 0.29) is 17.3 Å².